The molecule has 0 radical (unpaired) electrons. The van der Waals surface area contributed by atoms with Crippen LogP contribution in [0.2, 0.25) is 5.02 Å². The van der Waals surface area contributed by atoms with Gasteiger partial charge in [-0.05, 0) is 62.1 Å². The Morgan fingerprint density at radius 2 is 2.11 bits per heavy atom. The summed E-state index contributed by atoms with van der Waals surface area (Å²) in [5.74, 6) is -0.662. The van der Waals surface area contributed by atoms with Crippen molar-refractivity contribution < 1.29 is 14.7 Å². The smallest absolute Gasteiger partial charge is 0.335 e. The maximum Gasteiger partial charge on any atom is 0.335 e. The van der Waals surface area contributed by atoms with E-state index in [-0.39, 0.29) is 17.2 Å². The average molecular weight is 388 g/mol. The zero-order valence-electron chi connectivity index (χ0n) is 15.3. The number of amides is 1. The van der Waals surface area contributed by atoms with E-state index in [0.29, 0.717) is 22.3 Å². The highest BCUT2D eigenvalue weighted by Crippen LogP contribution is 2.28. The Kier molecular flexibility index (Phi) is 5.65. The predicted molar refractivity (Wildman–Crippen MR) is 106 cm³/mol. The molecular weight excluding hydrogens is 366 g/mol. The van der Waals surface area contributed by atoms with Crippen LogP contribution in [0.15, 0.2) is 30.3 Å². The summed E-state index contributed by atoms with van der Waals surface area (Å²) in [5.41, 5.74) is 1.52. The molecule has 2 aromatic rings. The van der Waals surface area contributed by atoms with Gasteiger partial charge in [-0.15, -0.1) is 0 Å². The van der Waals surface area contributed by atoms with E-state index in [0.717, 1.165) is 31.6 Å². The molecule has 1 atom stereocenters. The first-order valence-electron chi connectivity index (χ1n) is 8.98. The number of carbonyl (C=O) groups is 2. The van der Waals surface area contributed by atoms with Crippen molar-refractivity contribution in [3.63, 3.8) is 0 Å². The van der Waals surface area contributed by atoms with Gasteiger partial charge in [-0.25, -0.2) is 9.78 Å². The molecule has 0 bridgehead atoms. The fraction of sp³-hybridized carbons (Fsp3) is 0.350. The Balaban J connectivity index is 1.83. The fourth-order valence-corrected chi connectivity index (χ4v) is 3.69. The molecule has 1 aliphatic heterocycles. The molecule has 1 aromatic heterocycles. The summed E-state index contributed by atoms with van der Waals surface area (Å²) < 4.78 is 0. The maximum atomic E-state index is 12.6. The number of hydrogen-bond donors (Lipinski definition) is 2. The third-order valence-corrected chi connectivity index (χ3v) is 5.08. The van der Waals surface area contributed by atoms with Gasteiger partial charge in [0.25, 0.3) is 5.91 Å². The summed E-state index contributed by atoms with van der Waals surface area (Å²) in [6, 6.07) is 8.40. The molecule has 6 nitrogen and oxygen atoms in total. The lowest BCUT2D eigenvalue weighted by Gasteiger charge is -2.25. The van der Waals surface area contributed by atoms with E-state index in [1.165, 1.54) is 12.1 Å². The summed E-state index contributed by atoms with van der Waals surface area (Å²) in [6.07, 6.45) is 3.23. The van der Waals surface area contributed by atoms with Crippen LogP contribution in [-0.2, 0) is 0 Å². The highest BCUT2D eigenvalue weighted by atomic mass is 35.5. The van der Waals surface area contributed by atoms with E-state index in [1.54, 1.807) is 25.1 Å². The minimum atomic E-state index is -0.998. The van der Waals surface area contributed by atoms with Crippen LogP contribution in [0.1, 0.15) is 52.6 Å². The van der Waals surface area contributed by atoms with Gasteiger partial charge in [0.15, 0.2) is 0 Å². The van der Waals surface area contributed by atoms with E-state index >= 15 is 0 Å². The van der Waals surface area contributed by atoms with E-state index in [9.17, 15) is 9.59 Å². The maximum absolute atomic E-state index is 12.6. The zero-order chi connectivity index (χ0) is 19.6. The Hall–Kier alpha value is -2.60. The van der Waals surface area contributed by atoms with Crippen LogP contribution in [-0.4, -0.2) is 34.6 Å². The van der Waals surface area contributed by atoms with Gasteiger partial charge in [0, 0.05) is 23.3 Å². The summed E-state index contributed by atoms with van der Waals surface area (Å²) in [4.78, 5) is 30.5. The van der Waals surface area contributed by atoms with Crippen LogP contribution in [0.3, 0.4) is 0 Å². The average Bonchev–Trinajstić information content (AvgIpc) is 3.09. The number of aromatic nitrogens is 1. The number of nitrogens with zero attached hydrogens (tertiary/aromatic N) is 2. The van der Waals surface area contributed by atoms with Crippen molar-refractivity contribution in [2.45, 2.75) is 39.2 Å². The molecule has 27 heavy (non-hydrogen) atoms. The van der Waals surface area contributed by atoms with Crippen molar-refractivity contribution in [3.8, 4) is 0 Å². The van der Waals surface area contributed by atoms with E-state index in [1.807, 2.05) is 0 Å². The molecule has 0 unspecified atom stereocenters. The second-order valence-electron chi connectivity index (χ2n) is 6.72. The second kappa shape index (κ2) is 7.96. The molecular formula is C20H22ClN3O3. The van der Waals surface area contributed by atoms with Gasteiger partial charge in [0.2, 0.25) is 0 Å². The van der Waals surface area contributed by atoms with Crippen LogP contribution in [0.25, 0.3) is 0 Å². The first-order chi connectivity index (χ1) is 12.9. The topological polar surface area (TPSA) is 82.5 Å². The summed E-state index contributed by atoms with van der Waals surface area (Å²) in [7, 11) is 0. The minimum Gasteiger partial charge on any atom is -0.478 e. The fourth-order valence-electron chi connectivity index (χ4n) is 3.49. The minimum absolute atomic E-state index is 0.204. The van der Waals surface area contributed by atoms with Crippen LogP contribution >= 0.6 is 11.6 Å². The largest absolute Gasteiger partial charge is 0.478 e. The quantitative estimate of drug-likeness (QED) is 0.795. The number of aromatic carboxylic acids is 1. The first kappa shape index (κ1) is 19.2. The Labute approximate surface area is 163 Å². The van der Waals surface area contributed by atoms with Gasteiger partial charge in [-0.3, -0.25) is 4.79 Å². The van der Waals surface area contributed by atoms with Crippen LogP contribution in [0, 0.1) is 6.92 Å². The number of hydrogen-bond acceptors (Lipinski definition) is 4. The number of halogens is 1. The Morgan fingerprint density at radius 1 is 1.33 bits per heavy atom. The third-order valence-electron chi connectivity index (χ3n) is 4.87. The highest BCUT2D eigenvalue weighted by molar-refractivity contribution is 6.31. The number of benzene rings is 1. The van der Waals surface area contributed by atoms with Gasteiger partial charge in [0.1, 0.15) is 11.5 Å². The van der Waals surface area contributed by atoms with Gasteiger partial charge in [-0.1, -0.05) is 18.5 Å². The number of pyridine rings is 1. The molecule has 2 N–H and O–H groups in total. The Morgan fingerprint density at radius 3 is 2.78 bits per heavy atom. The molecule has 0 spiro atoms. The molecule has 3 rings (SSSR count). The standard InChI is InChI=1S/C20H22ClN3O3/c1-3-15-5-4-8-24(15)18-11-13(21)10-17(23-18)19(25)22-14-6-7-16(20(26)27)12(2)9-14/h6-7,9-11,15H,3-5,8H2,1-2H3,(H,22,25)(H,26,27)/t15-/m1/s1. The monoisotopic (exact) mass is 387 g/mol. The SMILES string of the molecule is CC[C@@H]1CCCN1c1cc(Cl)cc(C(=O)Nc2ccc(C(=O)O)c(C)c2)n1. The number of carboxylic acid groups (broad SMARTS) is 1. The van der Waals surface area contributed by atoms with Crippen molar-refractivity contribution in [1.29, 1.82) is 0 Å². The van der Waals surface area contributed by atoms with Gasteiger partial charge < -0.3 is 15.3 Å². The highest BCUT2D eigenvalue weighted by Gasteiger charge is 2.25. The van der Waals surface area contributed by atoms with Crippen molar-refractivity contribution in [1.82, 2.24) is 4.98 Å². The van der Waals surface area contributed by atoms with Gasteiger partial charge in [-0.2, -0.15) is 0 Å². The van der Waals surface area contributed by atoms with Crippen LogP contribution in [0.4, 0.5) is 11.5 Å². The second-order valence-corrected chi connectivity index (χ2v) is 7.15. The summed E-state index contributed by atoms with van der Waals surface area (Å²) >= 11 is 6.24. The number of aryl methyl sites for hydroxylation is 1. The lowest BCUT2D eigenvalue weighted by atomic mass is 10.1. The normalized spacial score (nSPS) is 16.4. The van der Waals surface area contributed by atoms with Crippen LogP contribution in [0.5, 0.6) is 0 Å². The molecule has 1 fully saturated rings. The number of carboxylic acids is 1. The lowest BCUT2D eigenvalue weighted by Crippen LogP contribution is -2.30. The molecule has 0 saturated carbocycles. The summed E-state index contributed by atoms with van der Waals surface area (Å²) in [5, 5.41) is 12.3. The number of nitrogens with one attached hydrogen (secondary N) is 1. The number of rotatable bonds is 5. The van der Waals surface area contributed by atoms with Gasteiger partial charge >= 0.3 is 5.97 Å². The molecule has 1 aliphatic rings. The first-order valence-corrected chi connectivity index (χ1v) is 9.36. The molecule has 2 heterocycles. The molecule has 1 saturated heterocycles. The van der Waals surface area contributed by atoms with Crippen molar-refractivity contribution in [3.05, 3.63) is 52.2 Å². The summed E-state index contributed by atoms with van der Waals surface area (Å²) in [6.45, 7) is 4.74. The van der Waals surface area contributed by atoms with Crippen molar-refractivity contribution >= 4 is 35.0 Å². The molecule has 142 valence electrons. The van der Waals surface area contributed by atoms with E-state index < -0.39 is 5.97 Å². The van der Waals surface area contributed by atoms with Crippen molar-refractivity contribution in [2.75, 3.05) is 16.8 Å². The lowest BCUT2D eigenvalue weighted by molar-refractivity contribution is 0.0696. The molecule has 1 aromatic carbocycles. The third kappa shape index (κ3) is 4.22. The van der Waals surface area contributed by atoms with E-state index in [4.69, 9.17) is 16.7 Å². The van der Waals surface area contributed by atoms with Gasteiger partial charge in [0.05, 0.1) is 5.56 Å². The zero-order valence-corrected chi connectivity index (χ0v) is 16.1. The van der Waals surface area contributed by atoms with E-state index in [2.05, 4.69) is 22.1 Å². The van der Waals surface area contributed by atoms with Crippen LogP contribution < -0.4 is 10.2 Å². The molecule has 0 aliphatic carbocycles. The predicted octanol–water partition coefficient (Wildman–Crippen LogP) is 4.37. The van der Waals surface area contributed by atoms with Crippen molar-refractivity contribution in [2.24, 2.45) is 0 Å². The molecule has 1 amide bonds. The number of carbonyl (C=O) groups excluding carboxylic acids is 1. The molecule has 7 heteroatoms. The Bertz CT molecular complexity index is 885. The number of anilines is 2.